The van der Waals surface area contributed by atoms with Crippen LogP contribution in [-0.4, -0.2) is 22.7 Å². The summed E-state index contributed by atoms with van der Waals surface area (Å²) >= 11 is 0. The van der Waals surface area contributed by atoms with Crippen molar-refractivity contribution in [2.45, 2.75) is 12.8 Å². The lowest BCUT2D eigenvalue weighted by molar-refractivity contribution is 0.160. The van der Waals surface area contributed by atoms with Gasteiger partial charge < -0.3 is 9.72 Å². The average molecular weight is 245 g/mol. The second-order valence-corrected chi connectivity index (χ2v) is 3.81. The number of rotatable bonds is 5. The maximum absolute atomic E-state index is 11.4. The summed E-state index contributed by atoms with van der Waals surface area (Å²) < 4.78 is 5.06. The van der Waals surface area contributed by atoms with Gasteiger partial charge in [0, 0.05) is 17.6 Å². The molecule has 18 heavy (non-hydrogen) atoms. The predicted octanol–water partition coefficient (Wildman–Crippen LogP) is 2.59. The minimum atomic E-state index is -0.425. The SMILES string of the molecule is O=C(Nc1ccccc1)OCCCc1cnc[nH]1. The first-order valence-electron chi connectivity index (χ1n) is 5.80. The molecule has 1 amide bonds. The Hall–Kier alpha value is -2.30. The number of benzene rings is 1. The summed E-state index contributed by atoms with van der Waals surface area (Å²) in [6.07, 6.45) is 4.57. The lowest BCUT2D eigenvalue weighted by atomic mass is 10.3. The van der Waals surface area contributed by atoms with E-state index in [1.54, 1.807) is 12.5 Å². The van der Waals surface area contributed by atoms with Crippen LogP contribution in [0, 0.1) is 0 Å². The first kappa shape index (κ1) is 12.2. The van der Waals surface area contributed by atoms with Crippen molar-refractivity contribution in [3.8, 4) is 0 Å². The second kappa shape index (κ2) is 6.44. The molecule has 0 spiro atoms. The molecule has 2 N–H and O–H groups in total. The van der Waals surface area contributed by atoms with Gasteiger partial charge in [-0.2, -0.15) is 0 Å². The smallest absolute Gasteiger partial charge is 0.411 e. The van der Waals surface area contributed by atoms with E-state index >= 15 is 0 Å². The van der Waals surface area contributed by atoms with Gasteiger partial charge >= 0.3 is 6.09 Å². The summed E-state index contributed by atoms with van der Waals surface area (Å²) in [5.41, 5.74) is 1.78. The Morgan fingerprint density at radius 2 is 2.17 bits per heavy atom. The molecule has 0 atom stereocenters. The standard InChI is InChI=1S/C13H15N3O2/c17-13(16-11-5-2-1-3-6-11)18-8-4-7-12-9-14-10-15-12/h1-3,5-6,9-10H,4,7-8H2,(H,14,15)(H,16,17). The second-order valence-electron chi connectivity index (χ2n) is 3.81. The van der Waals surface area contributed by atoms with Gasteiger partial charge in [-0.3, -0.25) is 5.32 Å². The number of nitrogens with one attached hydrogen (secondary N) is 2. The zero-order chi connectivity index (χ0) is 12.6. The third kappa shape index (κ3) is 3.93. The maximum Gasteiger partial charge on any atom is 0.411 e. The number of para-hydroxylation sites is 1. The van der Waals surface area contributed by atoms with Gasteiger partial charge in [0.2, 0.25) is 0 Å². The molecule has 1 heterocycles. The lowest BCUT2D eigenvalue weighted by Gasteiger charge is -2.06. The monoisotopic (exact) mass is 245 g/mol. The Morgan fingerprint density at radius 3 is 2.89 bits per heavy atom. The molecule has 0 aliphatic rings. The third-order valence-corrected chi connectivity index (χ3v) is 2.40. The first-order valence-corrected chi connectivity index (χ1v) is 5.80. The van der Waals surface area contributed by atoms with Crippen molar-refractivity contribution in [1.82, 2.24) is 9.97 Å². The summed E-state index contributed by atoms with van der Waals surface area (Å²) in [5.74, 6) is 0. The van der Waals surface area contributed by atoms with E-state index in [1.807, 2.05) is 30.3 Å². The van der Waals surface area contributed by atoms with Gasteiger partial charge in [0.25, 0.3) is 0 Å². The quantitative estimate of drug-likeness (QED) is 0.795. The molecule has 0 unspecified atom stereocenters. The molecule has 0 saturated heterocycles. The van der Waals surface area contributed by atoms with Crippen LogP contribution in [-0.2, 0) is 11.2 Å². The number of H-pyrrole nitrogens is 1. The van der Waals surface area contributed by atoms with Crippen LogP contribution >= 0.6 is 0 Å². The predicted molar refractivity (Wildman–Crippen MR) is 68.3 cm³/mol. The molecule has 0 radical (unpaired) electrons. The molecule has 2 rings (SSSR count). The van der Waals surface area contributed by atoms with E-state index in [2.05, 4.69) is 15.3 Å². The van der Waals surface area contributed by atoms with Crippen molar-refractivity contribution in [1.29, 1.82) is 0 Å². The number of nitrogens with zero attached hydrogens (tertiary/aromatic N) is 1. The number of aryl methyl sites for hydroxylation is 1. The van der Waals surface area contributed by atoms with Crippen LogP contribution in [0.2, 0.25) is 0 Å². The molecule has 2 aromatic rings. The fraction of sp³-hybridized carbons (Fsp3) is 0.231. The number of carbonyl (C=O) groups is 1. The number of anilines is 1. The topological polar surface area (TPSA) is 67.0 Å². The van der Waals surface area contributed by atoms with Gasteiger partial charge in [-0.15, -0.1) is 0 Å². The van der Waals surface area contributed by atoms with E-state index in [0.29, 0.717) is 6.61 Å². The highest BCUT2D eigenvalue weighted by Gasteiger charge is 2.02. The van der Waals surface area contributed by atoms with Crippen molar-refractivity contribution < 1.29 is 9.53 Å². The molecule has 1 aromatic carbocycles. The van der Waals surface area contributed by atoms with Gasteiger partial charge in [-0.25, -0.2) is 9.78 Å². The summed E-state index contributed by atoms with van der Waals surface area (Å²) in [6, 6.07) is 9.22. The van der Waals surface area contributed by atoms with E-state index in [4.69, 9.17) is 4.74 Å². The van der Waals surface area contributed by atoms with Crippen molar-refractivity contribution >= 4 is 11.8 Å². The number of ether oxygens (including phenoxy) is 1. The molecule has 5 nitrogen and oxygen atoms in total. The van der Waals surface area contributed by atoms with Crippen LogP contribution in [0.25, 0.3) is 0 Å². The summed E-state index contributed by atoms with van der Waals surface area (Å²) in [7, 11) is 0. The number of aromatic amines is 1. The Kier molecular flexibility index (Phi) is 4.35. The minimum Gasteiger partial charge on any atom is -0.449 e. The van der Waals surface area contributed by atoms with Crippen molar-refractivity contribution in [2.75, 3.05) is 11.9 Å². The molecular weight excluding hydrogens is 230 g/mol. The normalized spacial score (nSPS) is 10.0. The van der Waals surface area contributed by atoms with Gasteiger partial charge in [0.1, 0.15) is 0 Å². The van der Waals surface area contributed by atoms with Crippen LogP contribution in [0.1, 0.15) is 12.1 Å². The van der Waals surface area contributed by atoms with Crippen molar-refractivity contribution in [3.63, 3.8) is 0 Å². The summed E-state index contributed by atoms with van der Waals surface area (Å²) in [4.78, 5) is 18.3. The lowest BCUT2D eigenvalue weighted by Crippen LogP contribution is -2.14. The van der Waals surface area contributed by atoms with Gasteiger partial charge in [-0.1, -0.05) is 18.2 Å². The number of carbonyl (C=O) groups excluding carboxylic acids is 1. The Bertz CT molecular complexity index is 468. The molecule has 94 valence electrons. The molecule has 5 heteroatoms. The molecule has 0 saturated carbocycles. The Labute approximate surface area is 105 Å². The maximum atomic E-state index is 11.4. The zero-order valence-corrected chi connectivity index (χ0v) is 9.93. The van der Waals surface area contributed by atoms with Gasteiger partial charge in [0.15, 0.2) is 0 Å². The molecule has 0 bridgehead atoms. The van der Waals surface area contributed by atoms with Crippen LogP contribution in [0.3, 0.4) is 0 Å². The van der Waals surface area contributed by atoms with E-state index in [9.17, 15) is 4.79 Å². The van der Waals surface area contributed by atoms with Gasteiger partial charge in [-0.05, 0) is 25.0 Å². The van der Waals surface area contributed by atoms with E-state index in [1.165, 1.54) is 0 Å². The van der Waals surface area contributed by atoms with Crippen LogP contribution in [0.5, 0.6) is 0 Å². The zero-order valence-electron chi connectivity index (χ0n) is 9.93. The number of hydrogen-bond donors (Lipinski definition) is 2. The third-order valence-electron chi connectivity index (χ3n) is 2.40. The van der Waals surface area contributed by atoms with Crippen LogP contribution < -0.4 is 5.32 Å². The van der Waals surface area contributed by atoms with Gasteiger partial charge in [0.05, 0.1) is 12.9 Å². The molecule has 1 aromatic heterocycles. The first-order chi connectivity index (χ1) is 8.84. The number of hydrogen-bond acceptors (Lipinski definition) is 3. The Balaban J connectivity index is 1.63. The largest absolute Gasteiger partial charge is 0.449 e. The fourth-order valence-corrected chi connectivity index (χ4v) is 1.52. The summed E-state index contributed by atoms with van der Waals surface area (Å²) in [5, 5.41) is 2.65. The van der Waals surface area contributed by atoms with E-state index < -0.39 is 6.09 Å². The Morgan fingerprint density at radius 1 is 1.33 bits per heavy atom. The highest BCUT2D eigenvalue weighted by Crippen LogP contribution is 2.05. The van der Waals surface area contributed by atoms with Crippen molar-refractivity contribution in [3.05, 3.63) is 48.5 Å². The number of amides is 1. The minimum absolute atomic E-state index is 0.387. The van der Waals surface area contributed by atoms with Crippen molar-refractivity contribution in [2.24, 2.45) is 0 Å². The fourth-order valence-electron chi connectivity index (χ4n) is 1.52. The average Bonchev–Trinajstić information content (AvgIpc) is 2.89. The highest BCUT2D eigenvalue weighted by molar-refractivity contribution is 5.84. The number of imidazole rings is 1. The van der Waals surface area contributed by atoms with Crippen LogP contribution in [0.15, 0.2) is 42.9 Å². The highest BCUT2D eigenvalue weighted by atomic mass is 16.5. The molecular formula is C13H15N3O2. The van der Waals surface area contributed by atoms with E-state index in [0.717, 1.165) is 24.2 Å². The number of aromatic nitrogens is 2. The molecule has 0 aliphatic heterocycles. The summed E-state index contributed by atoms with van der Waals surface area (Å²) in [6.45, 7) is 0.387. The molecule has 0 aliphatic carbocycles. The van der Waals surface area contributed by atoms with Crippen LogP contribution in [0.4, 0.5) is 10.5 Å². The van der Waals surface area contributed by atoms with E-state index in [-0.39, 0.29) is 0 Å². The molecule has 0 fully saturated rings.